The van der Waals surface area contributed by atoms with E-state index in [9.17, 15) is 29.4 Å². The molecule has 0 spiro atoms. The predicted octanol–water partition coefficient (Wildman–Crippen LogP) is -3.55. The van der Waals surface area contributed by atoms with Crippen molar-refractivity contribution in [3.05, 3.63) is 0 Å². The Morgan fingerprint density at radius 3 is 1.44 bits per heavy atom. The van der Waals surface area contributed by atoms with Crippen molar-refractivity contribution in [2.45, 2.75) is 77.8 Å². The van der Waals surface area contributed by atoms with Crippen LogP contribution in [0, 0.1) is 0 Å². The van der Waals surface area contributed by atoms with Gasteiger partial charge in [-0.3, -0.25) is 0 Å². The minimum atomic E-state index is -1.57. The van der Waals surface area contributed by atoms with E-state index in [0.29, 0.717) is 0 Å². The molecular weight excluding hydrogens is 423 g/mol. The summed E-state index contributed by atoms with van der Waals surface area (Å²) in [5.74, 6) is -2.27. The van der Waals surface area contributed by atoms with Crippen molar-refractivity contribution in [1.29, 1.82) is 0 Å². The smallest absolute Gasteiger partial charge is 0.547 e. The van der Waals surface area contributed by atoms with Crippen LogP contribution < -0.4 is 34.6 Å². The quantitative estimate of drug-likeness (QED) is 0.161. The number of hydrogen-bond donors (Lipinski definition) is 4. The SMILES string of the molecule is CC(C)(C)OC(=O)NCC[C@H](O)C(=O)[O-].COC(=O)[C@@H](O)CCNC(=O)OC(C)(C)C.[Li+]. The molecule has 4 N–H and O–H groups in total. The van der Waals surface area contributed by atoms with E-state index in [1.54, 1.807) is 41.5 Å². The van der Waals surface area contributed by atoms with Crippen LogP contribution >= 0.6 is 0 Å². The summed E-state index contributed by atoms with van der Waals surface area (Å²) < 4.78 is 14.2. The first-order chi connectivity index (χ1) is 14.0. The number of carboxylic acid groups (broad SMARTS) is 1. The molecule has 12 nitrogen and oxygen atoms in total. The fourth-order valence-corrected chi connectivity index (χ4v) is 1.62. The topological polar surface area (TPSA) is 184 Å². The molecule has 0 aliphatic rings. The van der Waals surface area contributed by atoms with E-state index in [0.717, 1.165) is 0 Å². The van der Waals surface area contributed by atoms with Gasteiger partial charge >= 0.3 is 37.0 Å². The van der Waals surface area contributed by atoms with Gasteiger partial charge in [-0.25, -0.2) is 14.4 Å². The minimum Gasteiger partial charge on any atom is -0.547 e. The van der Waals surface area contributed by atoms with Crippen LogP contribution in [0.5, 0.6) is 0 Å². The molecule has 0 bridgehead atoms. The van der Waals surface area contributed by atoms with Crippen molar-refractivity contribution in [1.82, 2.24) is 10.6 Å². The second kappa shape index (κ2) is 16.6. The summed E-state index contributed by atoms with van der Waals surface area (Å²) in [6.07, 6.45) is -4.04. The molecule has 0 radical (unpaired) electrons. The Hall–Kier alpha value is -2.00. The summed E-state index contributed by atoms with van der Waals surface area (Å²) >= 11 is 0. The van der Waals surface area contributed by atoms with Crippen LogP contribution in [0.1, 0.15) is 54.4 Å². The number of aliphatic hydroxyl groups excluding tert-OH is 2. The Balaban J connectivity index is -0.000000511. The Labute approximate surface area is 200 Å². The van der Waals surface area contributed by atoms with Gasteiger partial charge in [0, 0.05) is 19.5 Å². The number of esters is 1. The van der Waals surface area contributed by atoms with Crippen molar-refractivity contribution in [2.24, 2.45) is 0 Å². The first-order valence-electron chi connectivity index (χ1n) is 9.57. The zero-order chi connectivity index (χ0) is 24.8. The Morgan fingerprint density at radius 1 is 0.812 bits per heavy atom. The standard InChI is InChI=1S/C10H19NO5.C9H17NO5.Li/c1-10(2,3)16-9(14)11-6-5-7(12)8(13)15-4;1-9(2,3)15-8(14)10-5-4-6(11)7(12)13;/h7,12H,5-6H2,1-4H3,(H,11,14);6,11H,4-5H2,1-3H3,(H,10,14)(H,12,13);/q;;+1/p-1/t7-;6-;/m00./s1. The van der Waals surface area contributed by atoms with E-state index >= 15 is 0 Å². The summed E-state index contributed by atoms with van der Waals surface area (Å²) in [5, 5.41) is 32.8. The van der Waals surface area contributed by atoms with Gasteiger partial charge in [0.15, 0.2) is 6.10 Å². The van der Waals surface area contributed by atoms with Crippen LogP contribution in [0.4, 0.5) is 9.59 Å². The summed E-state index contributed by atoms with van der Waals surface area (Å²) in [6, 6.07) is 0. The molecule has 0 rings (SSSR count). The minimum absolute atomic E-state index is 0. The van der Waals surface area contributed by atoms with Crippen molar-refractivity contribution >= 4 is 24.1 Å². The molecule has 0 aromatic rings. The van der Waals surface area contributed by atoms with Crippen LogP contribution in [0.25, 0.3) is 0 Å². The monoisotopic (exact) mass is 458 g/mol. The number of nitrogens with one attached hydrogen (secondary N) is 2. The molecule has 0 heterocycles. The number of amides is 2. The number of carbonyl (C=O) groups is 4. The average molecular weight is 458 g/mol. The van der Waals surface area contributed by atoms with Gasteiger partial charge in [0.05, 0.1) is 19.2 Å². The molecule has 32 heavy (non-hydrogen) atoms. The van der Waals surface area contributed by atoms with Crippen LogP contribution in [-0.4, -0.2) is 77.9 Å². The van der Waals surface area contributed by atoms with E-state index in [4.69, 9.17) is 14.6 Å². The molecular formula is C19H35LiN2O10. The van der Waals surface area contributed by atoms with Crippen LogP contribution in [0.15, 0.2) is 0 Å². The Morgan fingerprint density at radius 2 is 1.16 bits per heavy atom. The third kappa shape index (κ3) is 22.7. The van der Waals surface area contributed by atoms with Crippen molar-refractivity contribution in [2.75, 3.05) is 20.2 Å². The van der Waals surface area contributed by atoms with E-state index in [2.05, 4.69) is 15.4 Å². The molecule has 0 fully saturated rings. The molecule has 182 valence electrons. The van der Waals surface area contributed by atoms with Gasteiger partial charge in [0.2, 0.25) is 0 Å². The number of aliphatic carboxylic acids is 1. The second-order valence-electron chi connectivity index (χ2n) is 8.31. The maximum absolute atomic E-state index is 11.1. The molecule has 0 aliphatic heterocycles. The first-order valence-corrected chi connectivity index (χ1v) is 9.57. The summed E-state index contributed by atoms with van der Waals surface area (Å²) in [5.41, 5.74) is -1.16. The van der Waals surface area contributed by atoms with Gasteiger partial charge in [-0.2, -0.15) is 0 Å². The zero-order valence-corrected chi connectivity index (χ0v) is 20.1. The number of alkyl carbamates (subject to hydrolysis) is 2. The first kappa shape index (κ1) is 34.6. The van der Waals surface area contributed by atoms with E-state index in [1.807, 2.05) is 0 Å². The van der Waals surface area contributed by atoms with Gasteiger partial charge < -0.3 is 45.0 Å². The molecule has 0 unspecified atom stereocenters. The number of rotatable bonds is 8. The van der Waals surface area contributed by atoms with E-state index < -0.39 is 47.5 Å². The molecule has 0 saturated heterocycles. The van der Waals surface area contributed by atoms with Crippen molar-refractivity contribution < 1.29 is 67.6 Å². The van der Waals surface area contributed by atoms with Crippen LogP contribution in [0.2, 0.25) is 0 Å². The molecule has 2 amide bonds. The molecule has 0 saturated carbocycles. The number of carbonyl (C=O) groups excluding carboxylic acids is 4. The van der Waals surface area contributed by atoms with Crippen molar-refractivity contribution in [3.8, 4) is 0 Å². The number of methoxy groups -OCH3 is 1. The van der Waals surface area contributed by atoms with Gasteiger partial charge in [-0.05, 0) is 48.0 Å². The molecule has 0 aromatic heterocycles. The average Bonchev–Trinajstić information content (AvgIpc) is 2.58. The number of ether oxygens (including phenoxy) is 3. The Kier molecular flexibility index (Phi) is 18.0. The molecule has 0 aromatic carbocycles. The van der Waals surface area contributed by atoms with Gasteiger partial charge in [0.1, 0.15) is 11.2 Å². The third-order valence-corrected chi connectivity index (χ3v) is 2.92. The van der Waals surface area contributed by atoms with Gasteiger partial charge in [-0.15, -0.1) is 0 Å². The second-order valence-corrected chi connectivity index (χ2v) is 8.31. The van der Waals surface area contributed by atoms with E-state index in [1.165, 1.54) is 7.11 Å². The maximum atomic E-state index is 11.1. The molecule has 13 heteroatoms. The fourth-order valence-electron chi connectivity index (χ4n) is 1.62. The van der Waals surface area contributed by atoms with Gasteiger partial charge in [-0.1, -0.05) is 0 Å². The fraction of sp³-hybridized carbons (Fsp3) is 0.789. The number of hydrogen-bond acceptors (Lipinski definition) is 10. The summed E-state index contributed by atoms with van der Waals surface area (Å²) in [4.78, 5) is 43.1. The Bertz CT molecular complexity index is 588. The van der Waals surface area contributed by atoms with Crippen molar-refractivity contribution in [3.63, 3.8) is 0 Å². The van der Waals surface area contributed by atoms with Crippen LogP contribution in [0.3, 0.4) is 0 Å². The summed E-state index contributed by atoms with van der Waals surface area (Å²) in [7, 11) is 1.19. The molecule has 2 atom stereocenters. The number of aliphatic hydroxyl groups is 2. The summed E-state index contributed by atoms with van der Waals surface area (Å²) in [6.45, 7) is 10.5. The number of carboxylic acids is 1. The third-order valence-electron chi connectivity index (χ3n) is 2.92. The normalized spacial score (nSPS) is 12.5. The predicted molar refractivity (Wildman–Crippen MR) is 107 cm³/mol. The molecule has 0 aliphatic carbocycles. The van der Waals surface area contributed by atoms with Crippen LogP contribution in [-0.2, 0) is 23.8 Å². The van der Waals surface area contributed by atoms with E-state index in [-0.39, 0.29) is 44.8 Å². The maximum Gasteiger partial charge on any atom is 1.00 e. The zero-order valence-electron chi connectivity index (χ0n) is 20.1. The van der Waals surface area contributed by atoms with Gasteiger partial charge in [0.25, 0.3) is 0 Å². The largest absolute Gasteiger partial charge is 1.00 e.